The highest BCUT2D eigenvalue weighted by Gasteiger charge is 2.37. The van der Waals surface area contributed by atoms with Gasteiger partial charge in [0.05, 0.1) is 27.1 Å². The normalized spacial score (nSPS) is 13.5. The fourth-order valence-corrected chi connectivity index (χ4v) is 11.1. The lowest BCUT2D eigenvalue weighted by Crippen LogP contribution is -2.26. The second-order valence-corrected chi connectivity index (χ2v) is 40.5. The first-order valence-electron chi connectivity index (χ1n) is 40.7. The molecule has 117 heavy (non-hydrogen) atoms. The summed E-state index contributed by atoms with van der Waals surface area (Å²) in [5.74, 6) is 0.0603. The average molecular weight is 1630 g/mol. The van der Waals surface area contributed by atoms with Crippen molar-refractivity contribution in [3.8, 4) is 28.7 Å². The van der Waals surface area contributed by atoms with Gasteiger partial charge < -0.3 is 47.4 Å². The van der Waals surface area contributed by atoms with Crippen LogP contribution in [0.15, 0.2) is 91.0 Å². The lowest BCUT2D eigenvalue weighted by molar-refractivity contribution is -0.153. The number of hydrogen-bond donors (Lipinski definition) is 0. The maximum Gasteiger partial charge on any atom is 0.316 e. The zero-order valence-electron chi connectivity index (χ0n) is 79.3. The van der Waals surface area contributed by atoms with E-state index in [9.17, 15) is 47.9 Å². The number of hydrogen-bond acceptors (Lipinski definition) is 20. The molecule has 652 valence electrons. The molecule has 0 N–H and O–H groups in total. The van der Waals surface area contributed by atoms with Crippen molar-refractivity contribution in [2.45, 2.75) is 320 Å². The Morgan fingerprint density at radius 1 is 0.325 bits per heavy atom. The molecule has 5 atom stereocenters. The van der Waals surface area contributed by atoms with Crippen LogP contribution in [0.1, 0.15) is 343 Å². The summed E-state index contributed by atoms with van der Waals surface area (Å²) in [6.45, 7) is 72.7. The summed E-state index contributed by atoms with van der Waals surface area (Å²) in [6.07, 6.45) is -0.664. The molecule has 0 spiro atoms. The molecule has 5 rings (SSSR count). The molecule has 0 aromatic heterocycles. The van der Waals surface area contributed by atoms with Crippen molar-refractivity contribution < 1.29 is 96.7 Å². The Morgan fingerprint density at radius 2 is 0.590 bits per heavy atom. The zero-order chi connectivity index (χ0) is 92.1. The Balaban J connectivity index is 0.000000738. The highest BCUT2D eigenvalue weighted by atomic mass is 16.6. The molecule has 20 heteroatoms. The molecule has 0 fully saturated rings. The number of ether oxygens (including phenoxy) is 10. The molecular weight excluding hydrogens is 1490 g/mol. The Bertz CT molecular complexity index is 4220. The summed E-state index contributed by atoms with van der Waals surface area (Å²) in [6, 6.07) is 27.5. The summed E-state index contributed by atoms with van der Waals surface area (Å²) in [5.41, 5.74) is 4.61. The third-order valence-corrected chi connectivity index (χ3v) is 17.5. The first-order chi connectivity index (χ1) is 53.2. The topological polar surface area (TPSA) is 263 Å². The Hall–Kier alpha value is -9.20. The van der Waals surface area contributed by atoms with Crippen LogP contribution < -0.4 is 23.7 Å². The van der Waals surface area contributed by atoms with E-state index in [-0.39, 0.29) is 105 Å². The van der Waals surface area contributed by atoms with Gasteiger partial charge in [0.2, 0.25) is 0 Å². The first-order valence-corrected chi connectivity index (χ1v) is 40.2. The van der Waals surface area contributed by atoms with Crippen molar-refractivity contribution in [3.05, 3.63) is 147 Å². The van der Waals surface area contributed by atoms with Gasteiger partial charge in [-0.25, -0.2) is 0 Å². The quantitative estimate of drug-likeness (QED) is 0.0341. The standard InChI is InChI=1S/3C20H30O4.C19H28O4.C18H26O4/c1-12-10-15(17(19(4,5)6)23-14(3)21)11-13(2)16(12)24-18(22)20(7,8)9;1-9-14-12-15(17(19(3,4)5)23-13(2)21)10-11-16(14)24-18(22)20(6,7)8;1-8-9-14-12-15(17(23-13-21)19(2,3)4)10-11-16(14)24-18(22)20(5,6)7;1-12-11-14(16(18(3,4)5)22-13(2)20)9-10-15(12)23-17(21)19(6,7)8;1-12(19)21-15(17(2,3)4)13-8-10-14(11-9-13)22-16(20)18(5,6)7/h10-11,17H,1-9H3;10-12,17H,9H2,1-8H3;10-13,17H,8-9H2,1-7H3;9-11,16H,1-8H3;8-11,15H,1-7H3/i;;13T;;. The summed E-state index contributed by atoms with van der Waals surface area (Å²) in [5, 5.41) is 0. The van der Waals surface area contributed by atoms with E-state index in [1.165, 1.54) is 27.7 Å². The van der Waals surface area contributed by atoms with Crippen molar-refractivity contribution in [2.75, 3.05) is 0 Å². The smallest absolute Gasteiger partial charge is 0.316 e. The lowest BCUT2D eigenvalue weighted by Gasteiger charge is -2.31. The minimum atomic E-state index is -1.06. The molecule has 0 saturated heterocycles. The summed E-state index contributed by atoms with van der Waals surface area (Å²) >= 11 is 0. The van der Waals surface area contributed by atoms with Gasteiger partial charge in [-0.2, -0.15) is 0 Å². The molecule has 0 bridgehead atoms. The average Bonchev–Trinajstić information content (AvgIpc) is 0.745. The zero-order valence-corrected chi connectivity index (χ0v) is 78.3. The van der Waals surface area contributed by atoms with Crippen LogP contribution in [0.25, 0.3) is 0 Å². The summed E-state index contributed by atoms with van der Waals surface area (Å²) in [7, 11) is 0. The molecule has 5 unspecified atom stereocenters. The molecule has 0 amide bonds. The third-order valence-electron chi connectivity index (χ3n) is 17.5. The van der Waals surface area contributed by atoms with E-state index < -0.39 is 39.6 Å². The van der Waals surface area contributed by atoms with Gasteiger partial charge in [0.25, 0.3) is 6.45 Å². The van der Waals surface area contributed by atoms with Crippen LogP contribution in [-0.2, 0) is 84.5 Å². The van der Waals surface area contributed by atoms with Crippen LogP contribution in [0.4, 0.5) is 0 Å². The lowest BCUT2D eigenvalue weighted by atomic mass is 9.83. The number of rotatable bonds is 18. The molecule has 0 saturated carbocycles. The highest BCUT2D eigenvalue weighted by molar-refractivity contribution is 5.81. The maximum absolute atomic E-state index is 12.2. The minimum absolute atomic E-state index is 0.227. The molecule has 20 nitrogen and oxygen atoms in total. The van der Waals surface area contributed by atoms with Crippen molar-refractivity contribution in [1.29, 1.82) is 0 Å². The second-order valence-electron chi connectivity index (χ2n) is 40.5. The van der Waals surface area contributed by atoms with Crippen molar-refractivity contribution >= 4 is 60.2 Å². The van der Waals surface area contributed by atoms with E-state index in [4.69, 9.17) is 48.7 Å². The van der Waals surface area contributed by atoms with Crippen LogP contribution in [-0.4, -0.2) is 60.2 Å². The van der Waals surface area contributed by atoms with Gasteiger partial charge >= 0.3 is 53.7 Å². The summed E-state index contributed by atoms with van der Waals surface area (Å²) in [4.78, 5) is 117. The van der Waals surface area contributed by atoms with Gasteiger partial charge in [0, 0.05) is 54.8 Å². The van der Waals surface area contributed by atoms with Gasteiger partial charge in [0.15, 0.2) is 1.37 Å². The number of benzene rings is 5. The van der Waals surface area contributed by atoms with Crippen molar-refractivity contribution in [2.24, 2.45) is 54.1 Å². The van der Waals surface area contributed by atoms with Gasteiger partial charge in [-0.1, -0.05) is 154 Å². The van der Waals surface area contributed by atoms with E-state index in [1.54, 1.807) is 57.2 Å². The molecule has 0 aliphatic carbocycles. The number of carbonyl (C=O) groups is 10. The molecule has 5 aromatic rings. The Kier molecular flexibility index (Phi) is 38.1. The largest absolute Gasteiger partial charge is 0.459 e. The SMILES string of the molecule is CC(=O)OC(c1cc(C)c(OC(=O)C(C)(C)C)c(C)c1)C(C)(C)C.CC(=O)OC(c1ccc(OC(=O)C(C)(C)C)c(C)c1)C(C)(C)C.CC(=O)OC(c1ccc(OC(=O)C(C)(C)C)cc1)C(C)(C)C.CCc1cc(C(OC(C)=O)C(C)(C)C)ccc1OC(=O)C(C)(C)C.[3H]C(=O)OC(c1ccc(OC(=O)C(C)(C)C)c(CCC)c1)C(C)(C)C. The number of esters is 9. The Morgan fingerprint density at radius 3 is 0.897 bits per heavy atom. The fraction of sp³-hybridized carbons (Fsp3) is 0.588. The highest BCUT2D eigenvalue weighted by Crippen LogP contribution is 2.44. The van der Waals surface area contributed by atoms with E-state index in [0.29, 0.717) is 28.7 Å². The second kappa shape index (κ2) is 43.0. The van der Waals surface area contributed by atoms with E-state index in [1.807, 2.05) is 276 Å². The van der Waals surface area contributed by atoms with Crippen molar-refractivity contribution in [3.63, 3.8) is 0 Å². The van der Waals surface area contributed by atoms with Crippen LogP contribution in [0, 0.1) is 74.9 Å². The van der Waals surface area contributed by atoms with Gasteiger partial charge in [-0.3, -0.25) is 47.9 Å². The van der Waals surface area contributed by atoms with E-state index in [0.717, 1.165) is 74.9 Å². The van der Waals surface area contributed by atoms with Gasteiger partial charge in [0.1, 0.15) is 59.3 Å². The molecular formula is C97H144O20. The fourth-order valence-electron chi connectivity index (χ4n) is 11.1. The van der Waals surface area contributed by atoms with Gasteiger partial charge in [-0.05, 0) is 254 Å². The molecule has 5 aromatic carbocycles. The van der Waals surface area contributed by atoms with Gasteiger partial charge in [-0.15, -0.1) is 0 Å². The molecule has 0 heterocycles. The predicted molar refractivity (Wildman–Crippen MR) is 460 cm³/mol. The molecule has 0 radical (unpaired) electrons. The van der Waals surface area contributed by atoms with E-state index in [2.05, 4.69) is 0 Å². The number of aryl methyl sites for hydroxylation is 5. The molecule has 0 aliphatic heterocycles. The maximum atomic E-state index is 12.2. The van der Waals surface area contributed by atoms with Crippen LogP contribution in [0.3, 0.4) is 0 Å². The third kappa shape index (κ3) is 36.3. The summed E-state index contributed by atoms with van der Waals surface area (Å²) < 4.78 is 61.9. The van der Waals surface area contributed by atoms with Crippen LogP contribution in [0.5, 0.6) is 28.7 Å². The van der Waals surface area contributed by atoms with Crippen LogP contribution >= 0.6 is 0 Å². The molecule has 0 aliphatic rings. The number of carbonyl (C=O) groups excluding carboxylic acids is 10. The first kappa shape index (κ1) is 104. The van der Waals surface area contributed by atoms with Crippen molar-refractivity contribution in [1.82, 2.24) is 0 Å². The monoisotopic (exact) mass is 1630 g/mol. The van der Waals surface area contributed by atoms with Crippen LogP contribution in [0.2, 0.25) is 0 Å². The predicted octanol–water partition coefficient (Wildman–Crippen LogP) is 23.5. The Labute approximate surface area is 702 Å². The van der Waals surface area contributed by atoms with E-state index >= 15 is 0 Å². The minimum Gasteiger partial charge on any atom is -0.459 e.